The van der Waals surface area contributed by atoms with Crippen molar-refractivity contribution >= 4 is 22.5 Å². The molecule has 0 amide bonds. The van der Waals surface area contributed by atoms with Gasteiger partial charge in [-0.3, -0.25) is 9.78 Å². The minimum atomic E-state index is -0.885. The Balaban J connectivity index is 0.000000398. The van der Waals surface area contributed by atoms with Crippen molar-refractivity contribution in [3.63, 3.8) is 0 Å². The van der Waals surface area contributed by atoms with E-state index in [1.165, 1.54) is 0 Å². The number of aliphatic hydroxyl groups excluding tert-OH is 1. The third-order valence-electron chi connectivity index (χ3n) is 5.59. The van der Waals surface area contributed by atoms with Crippen LogP contribution in [0.15, 0.2) is 90.4 Å². The van der Waals surface area contributed by atoms with Gasteiger partial charge in [0.15, 0.2) is 0 Å². The molecule has 0 aliphatic heterocycles. The first-order valence-electron chi connectivity index (χ1n) is 10.8. The van der Waals surface area contributed by atoms with Crippen LogP contribution in [-0.4, -0.2) is 24.2 Å². The topological polar surface area (TPSA) is 72.9 Å². The molecule has 2 aromatic carbocycles. The molecule has 5 aromatic rings. The first kappa shape index (κ1) is 23.4. The minimum Gasteiger partial charge on any atom is -0.382 e. The fraction of sp³-hybridized carbons (Fsp3) is 0.148. The van der Waals surface area contributed by atoms with E-state index in [-0.39, 0.29) is 5.56 Å². The lowest BCUT2D eigenvalue weighted by atomic mass is 9.98. The van der Waals surface area contributed by atoms with Gasteiger partial charge in [0, 0.05) is 43.0 Å². The van der Waals surface area contributed by atoms with Gasteiger partial charge in [-0.05, 0) is 41.8 Å². The van der Waals surface area contributed by atoms with Gasteiger partial charge in [0.05, 0.1) is 23.7 Å². The van der Waals surface area contributed by atoms with Gasteiger partial charge in [0.2, 0.25) is 0 Å². The van der Waals surface area contributed by atoms with E-state index in [1.54, 1.807) is 60.7 Å². The molecule has 3 heterocycles. The van der Waals surface area contributed by atoms with Crippen LogP contribution in [0.25, 0.3) is 22.0 Å². The van der Waals surface area contributed by atoms with E-state index < -0.39 is 6.10 Å². The number of aryl methyl sites for hydroxylation is 3. The Morgan fingerprint density at radius 3 is 2.41 bits per heavy atom. The van der Waals surface area contributed by atoms with Crippen LogP contribution in [0.5, 0.6) is 0 Å². The van der Waals surface area contributed by atoms with Crippen LogP contribution in [0.4, 0.5) is 0 Å². The molecule has 1 unspecified atom stereocenters. The summed E-state index contributed by atoms with van der Waals surface area (Å²) in [4.78, 5) is 20.7. The summed E-state index contributed by atoms with van der Waals surface area (Å²) in [6.45, 7) is 2.02. The molecule has 1 N–H and O–H groups in total. The van der Waals surface area contributed by atoms with Crippen molar-refractivity contribution in [3.8, 4) is 11.1 Å². The zero-order valence-electron chi connectivity index (χ0n) is 19.2. The number of hydrogen-bond acceptors (Lipinski definition) is 4. The quantitative estimate of drug-likeness (QED) is 0.398. The number of halogens is 1. The van der Waals surface area contributed by atoms with Crippen LogP contribution in [0.1, 0.15) is 22.9 Å². The van der Waals surface area contributed by atoms with Crippen molar-refractivity contribution in [1.29, 1.82) is 0 Å². The van der Waals surface area contributed by atoms with E-state index in [2.05, 4.69) is 9.97 Å². The highest BCUT2D eigenvalue weighted by Gasteiger charge is 2.16. The van der Waals surface area contributed by atoms with Gasteiger partial charge >= 0.3 is 0 Å². The van der Waals surface area contributed by atoms with Gasteiger partial charge in [-0.25, -0.2) is 4.98 Å². The number of aromatic nitrogens is 4. The zero-order chi connectivity index (χ0) is 24.2. The van der Waals surface area contributed by atoms with Gasteiger partial charge in [0.1, 0.15) is 6.10 Å². The molecule has 0 aliphatic rings. The Morgan fingerprint density at radius 2 is 1.79 bits per heavy atom. The Hall–Kier alpha value is -3.74. The maximum absolute atomic E-state index is 12.5. The molecule has 1 atom stereocenters. The predicted molar refractivity (Wildman–Crippen MR) is 136 cm³/mol. The molecule has 5 rings (SSSR count). The highest BCUT2D eigenvalue weighted by molar-refractivity contribution is 6.30. The van der Waals surface area contributed by atoms with E-state index in [9.17, 15) is 9.90 Å². The number of nitrogens with zero attached hydrogens (tertiary/aromatic N) is 4. The van der Waals surface area contributed by atoms with Crippen LogP contribution in [-0.2, 0) is 14.1 Å². The van der Waals surface area contributed by atoms with Crippen molar-refractivity contribution in [2.45, 2.75) is 13.0 Å². The minimum absolute atomic E-state index is 0.100. The normalized spacial score (nSPS) is 11.7. The lowest BCUT2D eigenvalue weighted by Gasteiger charge is -2.15. The molecule has 7 heteroatoms. The molecule has 0 radical (unpaired) electrons. The number of fused-ring (bicyclic) bond motifs is 1. The molecular formula is C27H25ClN4O2. The van der Waals surface area contributed by atoms with Crippen molar-refractivity contribution in [2.24, 2.45) is 14.1 Å². The molecule has 6 nitrogen and oxygen atoms in total. The van der Waals surface area contributed by atoms with E-state index in [0.717, 1.165) is 27.6 Å². The summed E-state index contributed by atoms with van der Waals surface area (Å²) in [6.07, 6.45) is 6.15. The van der Waals surface area contributed by atoms with Crippen molar-refractivity contribution in [1.82, 2.24) is 19.1 Å². The molecule has 0 spiro atoms. The molecule has 34 heavy (non-hydrogen) atoms. The summed E-state index contributed by atoms with van der Waals surface area (Å²) in [7, 11) is 3.66. The largest absolute Gasteiger partial charge is 0.382 e. The summed E-state index contributed by atoms with van der Waals surface area (Å²) < 4.78 is 3.46. The standard InChI is InChI=1S/C23H19ClN2O2.C4H6N2/c1-14-4-3-5-16(10-14)18-12-22(27)26(2)21-13-25-20(11-19(18)21)23(28)15-6-8-17(24)9-7-15;1-6-3-2-5-4-6/h3-13,23,28H,1-2H3;2-4H,1H3. The number of aliphatic hydroxyl groups is 1. The van der Waals surface area contributed by atoms with E-state index in [0.29, 0.717) is 16.3 Å². The molecular weight excluding hydrogens is 448 g/mol. The number of pyridine rings is 2. The Morgan fingerprint density at radius 1 is 1.03 bits per heavy atom. The average molecular weight is 473 g/mol. The maximum Gasteiger partial charge on any atom is 0.251 e. The first-order chi connectivity index (χ1) is 16.3. The van der Waals surface area contributed by atoms with Crippen LogP contribution < -0.4 is 5.56 Å². The molecule has 0 saturated carbocycles. The highest BCUT2D eigenvalue weighted by Crippen LogP contribution is 2.30. The van der Waals surface area contributed by atoms with E-state index in [1.807, 2.05) is 55.1 Å². The summed E-state index contributed by atoms with van der Waals surface area (Å²) in [5.41, 5.74) is 4.74. The zero-order valence-corrected chi connectivity index (χ0v) is 19.9. The number of imidazole rings is 1. The Bertz CT molecular complexity index is 1480. The second kappa shape index (κ2) is 10.0. The lowest BCUT2D eigenvalue weighted by molar-refractivity contribution is 0.215. The summed E-state index contributed by atoms with van der Waals surface area (Å²) in [5, 5.41) is 12.3. The fourth-order valence-electron chi connectivity index (χ4n) is 3.71. The maximum atomic E-state index is 12.5. The molecule has 0 bridgehead atoms. The van der Waals surface area contributed by atoms with Gasteiger partial charge in [-0.2, -0.15) is 0 Å². The second-order valence-corrected chi connectivity index (χ2v) is 8.57. The van der Waals surface area contributed by atoms with Crippen molar-refractivity contribution in [2.75, 3.05) is 0 Å². The monoisotopic (exact) mass is 472 g/mol. The SMILES string of the molecule is Cc1cccc(-c2cc(=O)n(C)c3cnc(C(O)c4ccc(Cl)cc4)cc23)c1.Cn1ccnc1. The molecule has 172 valence electrons. The highest BCUT2D eigenvalue weighted by atomic mass is 35.5. The molecule has 0 saturated heterocycles. The predicted octanol–water partition coefficient (Wildman–Crippen LogP) is 5.06. The molecule has 3 aromatic heterocycles. The third kappa shape index (κ3) is 5.09. The third-order valence-corrected chi connectivity index (χ3v) is 5.84. The second-order valence-electron chi connectivity index (χ2n) is 8.13. The van der Waals surface area contributed by atoms with E-state index >= 15 is 0 Å². The van der Waals surface area contributed by atoms with E-state index in [4.69, 9.17) is 11.6 Å². The average Bonchev–Trinajstić information content (AvgIpc) is 3.32. The Kier molecular flexibility index (Phi) is 6.91. The molecule has 0 fully saturated rings. The summed E-state index contributed by atoms with van der Waals surface area (Å²) in [6, 6.07) is 18.5. The number of rotatable bonds is 3. The summed E-state index contributed by atoms with van der Waals surface area (Å²) in [5.74, 6) is 0. The van der Waals surface area contributed by atoms with Crippen LogP contribution >= 0.6 is 11.6 Å². The van der Waals surface area contributed by atoms with Gasteiger partial charge in [0.25, 0.3) is 5.56 Å². The lowest BCUT2D eigenvalue weighted by Crippen LogP contribution is -2.17. The van der Waals surface area contributed by atoms with Crippen LogP contribution in [0.3, 0.4) is 0 Å². The van der Waals surface area contributed by atoms with Crippen LogP contribution in [0.2, 0.25) is 5.02 Å². The molecule has 0 aliphatic carbocycles. The van der Waals surface area contributed by atoms with Crippen LogP contribution in [0, 0.1) is 6.92 Å². The number of hydrogen-bond donors (Lipinski definition) is 1. The van der Waals surface area contributed by atoms with Crippen molar-refractivity contribution in [3.05, 3.63) is 118 Å². The van der Waals surface area contributed by atoms with Crippen molar-refractivity contribution < 1.29 is 5.11 Å². The van der Waals surface area contributed by atoms with Gasteiger partial charge in [-0.1, -0.05) is 53.6 Å². The Labute approximate surface area is 202 Å². The van der Waals surface area contributed by atoms with Gasteiger partial charge < -0.3 is 14.2 Å². The summed E-state index contributed by atoms with van der Waals surface area (Å²) >= 11 is 5.94. The number of benzene rings is 2. The smallest absolute Gasteiger partial charge is 0.251 e. The van der Waals surface area contributed by atoms with Gasteiger partial charge in [-0.15, -0.1) is 0 Å². The first-order valence-corrected chi connectivity index (χ1v) is 11.1. The fourth-order valence-corrected chi connectivity index (χ4v) is 3.83.